The molecule has 71 heavy (non-hydrogen) atoms. The van der Waals surface area contributed by atoms with Crippen molar-refractivity contribution in [3.05, 3.63) is 263 Å². The van der Waals surface area contributed by atoms with E-state index in [2.05, 4.69) is 165 Å². The number of ketones is 2. The standard InChI is InChI=1S/C64H56N4O2S/c1-63(2,3)49-29-17-45(18-30-49)61(69)47-25-37-55(38-26-47)67(51-13-9-7-10-14-51)53-33-21-43(22-34-53)57-41-42-58(60-59(57)65-71-66-60)44-23-35-54(36-24-44)68(52-15-11-8-12-16-52)56-39-27-48(28-40-56)62(70)46-19-31-50(32-20-46)64(4,5)6/h7-42,59,65H,1-6H3. The Morgan fingerprint density at radius 2 is 0.761 bits per heavy atom. The second kappa shape index (κ2) is 19.5. The third kappa shape index (κ3) is 9.85. The lowest BCUT2D eigenvalue weighted by molar-refractivity contribution is 0.103. The summed E-state index contributed by atoms with van der Waals surface area (Å²) < 4.78 is 8.49. The topological polar surface area (TPSA) is 65.0 Å². The number of fused-ring (bicyclic) bond motifs is 1. The molecule has 6 nitrogen and oxygen atoms in total. The van der Waals surface area contributed by atoms with Gasteiger partial charge in [0.1, 0.15) is 0 Å². The van der Waals surface area contributed by atoms with E-state index in [1.165, 1.54) is 23.3 Å². The summed E-state index contributed by atoms with van der Waals surface area (Å²) in [5.74, 6) is 0.00981. The van der Waals surface area contributed by atoms with Crippen molar-refractivity contribution in [2.24, 2.45) is 4.40 Å². The van der Waals surface area contributed by atoms with Crippen molar-refractivity contribution >= 4 is 74.7 Å². The van der Waals surface area contributed by atoms with Crippen molar-refractivity contribution < 1.29 is 9.59 Å². The molecule has 0 saturated heterocycles. The van der Waals surface area contributed by atoms with Crippen LogP contribution in [0.15, 0.2) is 223 Å². The van der Waals surface area contributed by atoms with E-state index < -0.39 is 0 Å². The molecule has 1 aliphatic carbocycles. The monoisotopic (exact) mass is 944 g/mol. The summed E-state index contributed by atoms with van der Waals surface area (Å²) in [6.07, 6.45) is 4.39. The molecule has 0 spiro atoms. The lowest BCUT2D eigenvalue weighted by Gasteiger charge is -2.27. The number of carbonyl (C=O) groups excluding carboxylic acids is 2. The van der Waals surface area contributed by atoms with Crippen molar-refractivity contribution in [1.29, 1.82) is 0 Å². The summed E-state index contributed by atoms with van der Waals surface area (Å²) >= 11 is 1.38. The Morgan fingerprint density at radius 3 is 1.14 bits per heavy atom. The van der Waals surface area contributed by atoms with Gasteiger partial charge in [0.05, 0.1) is 23.9 Å². The first-order valence-corrected chi connectivity index (χ1v) is 24.9. The molecular formula is C64H56N4O2S. The molecule has 8 aromatic rings. The Kier molecular flexibility index (Phi) is 12.9. The fraction of sp³-hybridized carbons (Fsp3) is 0.141. The summed E-state index contributed by atoms with van der Waals surface area (Å²) in [5.41, 5.74) is 16.4. The van der Waals surface area contributed by atoms with Crippen molar-refractivity contribution in [3.63, 3.8) is 0 Å². The third-order valence-corrected chi connectivity index (χ3v) is 14.0. The highest BCUT2D eigenvalue weighted by Gasteiger charge is 2.32. The summed E-state index contributed by atoms with van der Waals surface area (Å²) in [6, 6.07) is 69.5. The lowest BCUT2D eigenvalue weighted by atomic mass is 9.85. The van der Waals surface area contributed by atoms with Gasteiger partial charge >= 0.3 is 0 Å². The van der Waals surface area contributed by atoms with Crippen LogP contribution in [0.2, 0.25) is 0 Å². The van der Waals surface area contributed by atoms with Gasteiger partial charge < -0.3 is 9.80 Å². The molecule has 0 aromatic heterocycles. The van der Waals surface area contributed by atoms with Crippen LogP contribution in [0.25, 0.3) is 11.1 Å². The third-order valence-electron chi connectivity index (χ3n) is 13.3. The molecule has 350 valence electrons. The first-order chi connectivity index (χ1) is 34.3. The Hall–Kier alpha value is -7.84. The van der Waals surface area contributed by atoms with Gasteiger partial charge in [0.15, 0.2) is 11.6 Å². The van der Waals surface area contributed by atoms with Crippen molar-refractivity contribution in [2.75, 3.05) is 9.80 Å². The molecule has 1 aliphatic heterocycles. The number of para-hydroxylation sites is 2. The number of hydrogen-bond donors (Lipinski definition) is 1. The van der Waals surface area contributed by atoms with Gasteiger partial charge in [-0.05, 0) is 136 Å². The van der Waals surface area contributed by atoms with Gasteiger partial charge in [-0.2, -0.15) is 0 Å². The lowest BCUT2D eigenvalue weighted by Crippen LogP contribution is -2.31. The number of nitrogens with one attached hydrogen (secondary N) is 1. The smallest absolute Gasteiger partial charge is 0.193 e. The Bertz CT molecular complexity index is 3290. The highest BCUT2D eigenvalue weighted by atomic mass is 32.2. The quantitative estimate of drug-likeness (QED) is 0.0972. The zero-order chi connectivity index (χ0) is 49.3. The van der Waals surface area contributed by atoms with Gasteiger partial charge in [0.2, 0.25) is 0 Å². The molecule has 1 N–H and O–H groups in total. The predicted molar refractivity (Wildman–Crippen MR) is 297 cm³/mol. The van der Waals surface area contributed by atoms with Gasteiger partial charge in [-0.1, -0.05) is 163 Å². The van der Waals surface area contributed by atoms with E-state index in [4.69, 9.17) is 4.40 Å². The van der Waals surface area contributed by atoms with Gasteiger partial charge in [0, 0.05) is 62.0 Å². The average Bonchev–Trinajstić information content (AvgIpc) is 3.90. The largest absolute Gasteiger partial charge is 0.311 e. The van der Waals surface area contributed by atoms with Gasteiger partial charge in [-0.25, -0.2) is 9.12 Å². The number of nitrogens with zero attached hydrogens (tertiary/aromatic N) is 3. The molecule has 10 rings (SSSR count). The maximum atomic E-state index is 13.6. The van der Waals surface area contributed by atoms with Gasteiger partial charge in [0.25, 0.3) is 0 Å². The molecule has 1 atom stereocenters. The van der Waals surface area contributed by atoms with Crippen LogP contribution in [-0.4, -0.2) is 23.3 Å². The molecule has 2 aliphatic rings. The fourth-order valence-electron chi connectivity index (χ4n) is 9.26. The minimum Gasteiger partial charge on any atom is -0.311 e. The van der Waals surface area contributed by atoms with Crippen molar-refractivity contribution in [2.45, 2.75) is 58.4 Å². The molecule has 0 saturated carbocycles. The molecule has 1 unspecified atom stereocenters. The Morgan fingerprint density at radius 1 is 0.423 bits per heavy atom. The van der Waals surface area contributed by atoms with Gasteiger partial charge in [-0.3, -0.25) is 9.59 Å². The normalized spacial score (nSPS) is 14.5. The van der Waals surface area contributed by atoms with Crippen molar-refractivity contribution in [3.8, 4) is 0 Å². The maximum absolute atomic E-state index is 13.6. The van der Waals surface area contributed by atoms with Crippen LogP contribution < -0.4 is 14.5 Å². The maximum Gasteiger partial charge on any atom is 0.193 e. The summed E-state index contributed by atoms with van der Waals surface area (Å²) in [7, 11) is 0. The molecular weight excluding hydrogens is 889 g/mol. The predicted octanol–water partition coefficient (Wildman–Crippen LogP) is 16.1. The van der Waals surface area contributed by atoms with E-state index in [0.29, 0.717) is 22.3 Å². The summed E-state index contributed by atoms with van der Waals surface area (Å²) in [5, 5.41) is 0. The number of benzene rings is 8. The molecule has 0 amide bonds. The molecule has 0 bridgehead atoms. The first-order valence-electron chi connectivity index (χ1n) is 24.1. The molecule has 1 heterocycles. The van der Waals surface area contributed by atoms with Crippen LogP contribution in [0.3, 0.4) is 0 Å². The summed E-state index contributed by atoms with van der Waals surface area (Å²) in [6.45, 7) is 13.1. The van der Waals surface area contributed by atoms with Gasteiger partial charge in [-0.15, -0.1) is 0 Å². The van der Waals surface area contributed by atoms with Crippen LogP contribution in [-0.2, 0) is 10.8 Å². The van der Waals surface area contributed by atoms with Crippen LogP contribution in [0.4, 0.5) is 34.1 Å². The van der Waals surface area contributed by atoms with E-state index in [1.54, 1.807) is 0 Å². The number of anilines is 6. The Labute approximate surface area is 422 Å². The molecule has 0 radical (unpaired) electrons. The number of allylic oxidation sites excluding steroid dienone is 2. The van der Waals surface area contributed by atoms with E-state index >= 15 is 0 Å². The zero-order valence-corrected chi connectivity index (χ0v) is 41.7. The minimum absolute atomic E-state index is 0.00453. The van der Waals surface area contributed by atoms with E-state index in [0.717, 1.165) is 62.1 Å². The first kappa shape index (κ1) is 46.9. The van der Waals surface area contributed by atoms with Crippen molar-refractivity contribution in [1.82, 2.24) is 4.72 Å². The molecule has 0 fully saturated rings. The van der Waals surface area contributed by atoms with Crippen LogP contribution in [0, 0.1) is 0 Å². The van der Waals surface area contributed by atoms with Crippen LogP contribution in [0.1, 0.15) is 95.6 Å². The minimum atomic E-state index is -0.0935. The zero-order valence-electron chi connectivity index (χ0n) is 40.9. The highest BCUT2D eigenvalue weighted by molar-refractivity contribution is 7.96. The Balaban J connectivity index is 0.888. The second-order valence-corrected chi connectivity index (χ2v) is 20.8. The number of hydrogen-bond acceptors (Lipinski definition) is 7. The van der Waals surface area contributed by atoms with Crippen LogP contribution >= 0.6 is 12.1 Å². The van der Waals surface area contributed by atoms with E-state index in [9.17, 15) is 9.59 Å². The number of rotatable bonds is 12. The highest BCUT2D eigenvalue weighted by Crippen LogP contribution is 2.41. The average molecular weight is 945 g/mol. The molecule has 8 aromatic carbocycles. The second-order valence-electron chi connectivity index (χ2n) is 20.2. The summed E-state index contributed by atoms with van der Waals surface area (Å²) in [4.78, 5) is 31.6. The van der Waals surface area contributed by atoms with E-state index in [-0.39, 0.29) is 28.4 Å². The van der Waals surface area contributed by atoms with Crippen LogP contribution in [0.5, 0.6) is 0 Å². The SMILES string of the molecule is CC(C)(C)c1ccc(C(=O)c2ccc(N(c3ccccc3)c3ccc(C4=CC=C(c5ccc(N(c6ccccc6)c6ccc(C(=O)c7ccc(C(C)(C)C)cc7)cc6)cc5)C5NSN=C45)cc3)cc2)cc1. The fourth-order valence-corrected chi connectivity index (χ4v) is 9.95. The van der Waals surface area contributed by atoms with E-state index in [1.807, 2.05) is 109 Å². The number of carbonyl (C=O) groups is 2. The molecule has 7 heteroatoms.